The van der Waals surface area contributed by atoms with Crippen LogP contribution < -0.4 is 26.6 Å². The minimum atomic E-state index is -0.618. The van der Waals surface area contributed by atoms with Crippen LogP contribution in [0.1, 0.15) is 68.3 Å². The van der Waals surface area contributed by atoms with Gasteiger partial charge in [-0.2, -0.15) is 0 Å². The van der Waals surface area contributed by atoms with Crippen LogP contribution in [0.2, 0.25) is 0 Å². The molecule has 2 aliphatic carbocycles. The van der Waals surface area contributed by atoms with E-state index in [0.29, 0.717) is 17.5 Å². The van der Waals surface area contributed by atoms with Crippen molar-refractivity contribution in [2.24, 2.45) is 0 Å². The van der Waals surface area contributed by atoms with Crippen molar-refractivity contribution in [1.29, 1.82) is 0 Å². The molecule has 1 saturated heterocycles. The van der Waals surface area contributed by atoms with Gasteiger partial charge in [0.2, 0.25) is 5.91 Å². The van der Waals surface area contributed by atoms with Crippen LogP contribution in [0, 0.1) is 5.82 Å². The molecule has 6 rings (SSSR count). The molecule has 39 heavy (non-hydrogen) atoms. The van der Waals surface area contributed by atoms with Gasteiger partial charge in [-0.15, -0.1) is 5.10 Å². The highest BCUT2D eigenvalue weighted by Gasteiger charge is 2.28. The van der Waals surface area contributed by atoms with Crippen molar-refractivity contribution in [3.8, 4) is 0 Å². The van der Waals surface area contributed by atoms with Gasteiger partial charge in [-0.05, 0) is 64.0 Å². The molecule has 0 bridgehead atoms. The maximum absolute atomic E-state index is 14.1. The van der Waals surface area contributed by atoms with Gasteiger partial charge >= 0.3 is 0 Å². The van der Waals surface area contributed by atoms with Gasteiger partial charge in [-0.25, -0.2) is 13.9 Å². The zero-order valence-electron chi connectivity index (χ0n) is 21.8. The molecule has 0 unspecified atom stereocenters. The van der Waals surface area contributed by atoms with Gasteiger partial charge in [0.05, 0.1) is 29.8 Å². The van der Waals surface area contributed by atoms with Gasteiger partial charge in [0.1, 0.15) is 5.82 Å². The average Bonchev–Trinajstić information content (AvgIpc) is 3.66. The van der Waals surface area contributed by atoms with E-state index in [1.807, 2.05) is 6.07 Å². The number of imidazole rings is 1. The molecular weight excluding hydrogens is 501 g/mol. The number of nitrogens with one attached hydrogen (secondary N) is 5. The highest BCUT2D eigenvalue weighted by Crippen LogP contribution is 2.30. The molecule has 11 nitrogen and oxygen atoms in total. The first-order valence-corrected chi connectivity index (χ1v) is 13.9. The third-order valence-corrected chi connectivity index (χ3v) is 7.71. The van der Waals surface area contributed by atoms with Crippen LogP contribution in [-0.4, -0.2) is 62.1 Å². The van der Waals surface area contributed by atoms with Crippen LogP contribution in [0.4, 0.5) is 21.6 Å². The Kier molecular flexibility index (Phi) is 7.27. The number of pyridine rings is 1. The molecule has 3 aliphatic rings. The van der Waals surface area contributed by atoms with Gasteiger partial charge < -0.3 is 26.6 Å². The van der Waals surface area contributed by atoms with Crippen LogP contribution in [-0.2, 0) is 4.79 Å². The lowest BCUT2D eigenvalue weighted by atomic mass is 9.90. The van der Waals surface area contributed by atoms with E-state index in [4.69, 9.17) is 0 Å². The second-order valence-electron chi connectivity index (χ2n) is 10.8. The fraction of sp³-hybridized carbons (Fsp3) is 0.519. The van der Waals surface area contributed by atoms with Crippen LogP contribution in [0.25, 0.3) is 5.65 Å². The van der Waals surface area contributed by atoms with E-state index in [0.717, 1.165) is 76.2 Å². The van der Waals surface area contributed by atoms with Crippen molar-refractivity contribution in [2.45, 2.75) is 82.0 Å². The molecule has 1 aliphatic heterocycles. The van der Waals surface area contributed by atoms with Crippen LogP contribution in [0.3, 0.4) is 0 Å². The molecule has 12 heteroatoms. The summed E-state index contributed by atoms with van der Waals surface area (Å²) >= 11 is 0. The first kappa shape index (κ1) is 25.5. The molecule has 3 aromatic heterocycles. The third kappa shape index (κ3) is 5.95. The second-order valence-corrected chi connectivity index (χ2v) is 10.8. The molecule has 2 saturated carbocycles. The number of anilines is 3. The largest absolute Gasteiger partial charge is 0.379 e. The number of aromatic nitrogens is 4. The Balaban J connectivity index is 1.14. The van der Waals surface area contributed by atoms with Crippen molar-refractivity contribution in [2.75, 3.05) is 22.5 Å². The number of nitrogens with zero attached hydrogens (tertiary/aromatic N) is 4. The zero-order chi connectivity index (χ0) is 26.8. The lowest BCUT2D eigenvalue weighted by molar-refractivity contribution is -0.124. The third-order valence-electron chi connectivity index (χ3n) is 7.71. The lowest BCUT2D eigenvalue weighted by Crippen LogP contribution is -2.50. The topological polar surface area (TPSA) is 137 Å². The standard InChI is InChI=1S/C27H34FN9O2/c28-19-14-29-12-10-20(19)35-27(39)23-15-31-25-22(32-16-4-5-16)13-24(36-37(23)25)33-17-6-8-18(9-7-17)34-26(38)21-3-1-2-11-30-21/h10,12-18,21,30,32H,1-9,11H2,(H,33,36)(H,34,38)(H,29,35,39)/t17-,18-,21-/m1/s1. The molecular formula is C27H34FN9O2. The van der Waals surface area contributed by atoms with E-state index >= 15 is 0 Å². The Bertz CT molecular complexity index is 1340. The quantitative estimate of drug-likeness (QED) is 0.297. The molecule has 2 amide bonds. The number of fused-ring (bicyclic) bond motifs is 1. The number of hydrogen-bond donors (Lipinski definition) is 5. The minimum absolute atomic E-state index is 0.0404. The molecule has 3 fully saturated rings. The first-order valence-electron chi connectivity index (χ1n) is 13.9. The second kappa shape index (κ2) is 11.1. The van der Waals surface area contributed by atoms with Gasteiger partial charge in [0.15, 0.2) is 17.2 Å². The van der Waals surface area contributed by atoms with E-state index in [1.54, 1.807) is 0 Å². The van der Waals surface area contributed by atoms with E-state index in [9.17, 15) is 14.0 Å². The zero-order valence-corrected chi connectivity index (χ0v) is 21.8. The van der Waals surface area contributed by atoms with Gasteiger partial charge in [0.25, 0.3) is 5.91 Å². The monoisotopic (exact) mass is 535 g/mol. The normalized spacial score (nSPS) is 23.3. The SMILES string of the molecule is O=C(Nc1ccncc1F)c1cnc2c(NC3CC3)cc(N[C@H]3CC[C@H](NC(=O)[C@H]4CCCCN4)CC3)nn12. The molecule has 1 atom stereocenters. The predicted octanol–water partition coefficient (Wildman–Crippen LogP) is 3.07. The van der Waals surface area contributed by atoms with Crippen molar-refractivity contribution >= 4 is 34.7 Å². The summed E-state index contributed by atoms with van der Waals surface area (Å²) in [5.41, 5.74) is 1.57. The summed E-state index contributed by atoms with van der Waals surface area (Å²) in [7, 11) is 0. The highest BCUT2D eigenvalue weighted by atomic mass is 19.1. The summed E-state index contributed by atoms with van der Waals surface area (Å²) in [4.78, 5) is 33.8. The van der Waals surface area contributed by atoms with Crippen LogP contribution >= 0.6 is 0 Å². The van der Waals surface area contributed by atoms with Crippen molar-refractivity contribution in [3.63, 3.8) is 0 Å². The molecule has 3 aromatic rings. The van der Waals surface area contributed by atoms with E-state index in [1.165, 1.54) is 23.0 Å². The number of amides is 2. The van der Waals surface area contributed by atoms with Crippen LogP contribution in [0.15, 0.2) is 30.7 Å². The Labute approximate surface area is 225 Å². The van der Waals surface area contributed by atoms with E-state index in [2.05, 4.69) is 41.7 Å². The Morgan fingerprint density at radius 3 is 2.46 bits per heavy atom. The number of halogens is 1. The van der Waals surface area contributed by atoms with Gasteiger partial charge in [-0.1, -0.05) is 6.42 Å². The fourth-order valence-electron chi connectivity index (χ4n) is 5.38. The number of hydrogen-bond acceptors (Lipinski definition) is 8. The lowest BCUT2D eigenvalue weighted by Gasteiger charge is -2.32. The summed E-state index contributed by atoms with van der Waals surface area (Å²) < 4.78 is 15.6. The first-order chi connectivity index (χ1) is 19.0. The Morgan fingerprint density at radius 1 is 0.949 bits per heavy atom. The number of carbonyl (C=O) groups excluding carboxylic acids is 2. The summed E-state index contributed by atoms with van der Waals surface area (Å²) in [6.45, 7) is 0.907. The summed E-state index contributed by atoms with van der Waals surface area (Å²) in [6.07, 6.45) is 12.8. The van der Waals surface area contributed by atoms with Crippen molar-refractivity contribution in [3.05, 3.63) is 42.2 Å². The van der Waals surface area contributed by atoms with E-state index < -0.39 is 11.7 Å². The highest BCUT2D eigenvalue weighted by molar-refractivity contribution is 6.03. The van der Waals surface area contributed by atoms with Crippen LogP contribution in [0.5, 0.6) is 0 Å². The molecule has 0 radical (unpaired) electrons. The van der Waals surface area contributed by atoms with Gasteiger partial charge in [-0.3, -0.25) is 14.6 Å². The minimum Gasteiger partial charge on any atom is -0.379 e. The molecule has 0 aromatic carbocycles. The molecule has 5 N–H and O–H groups in total. The molecule has 0 spiro atoms. The predicted molar refractivity (Wildman–Crippen MR) is 145 cm³/mol. The smallest absolute Gasteiger partial charge is 0.276 e. The fourth-order valence-corrected chi connectivity index (χ4v) is 5.38. The average molecular weight is 536 g/mol. The molecule has 4 heterocycles. The number of rotatable bonds is 8. The summed E-state index contributed by atoms with van der Waals surface area (Å²) in [5, 5.41) is 20.9. The van der Waals surface area contributed by atoms with Crippen molar-refractivity contribution in [1.82, 2.24) is 30.2 Å². The Morgan fingerprint density at radius 2 is 1.72 bits per heavy atom. The van der Waals surface area contributed by atoms with E-state index in [-0.39, 0.29) is 35.4 Å². The molecule has 206 valence electrons. The maximum Gasteiger partial charge on any atom is 0.276 e. The maximum atomic E-state index is 14.1. The summed E-state index contributed by atoms with van der Waals surface area (Å²) in [6, 6.07) is 4.02. The number of piperidine rings is 1. The van der Waals surface area contributed by atoms with Crippen molar-refractivity contribution < 1.29 is 14.0 Å². The summed E-state index contributed by atoms with van der Waals surface area (Å²) in [5.74, 6) is -0.385. The van der Waals surface area contributed by atoms with Gasteiger partial charge in [0, 0.05) is 30.4 Å². The Hall–Kier alpha value is -3.80. The number of carbonyl (C=O) groups is 2.